The van der Waals surface area contributed by atoms with Crippen molar-refractivity contribution in [3.63, 3.8) is 0 Å². The molecule has 0 N–H and O–H groups in total. The van der Waals surface area contributed by atoms with Gasteiger partial charge in [0.15, 0.2) is 0 Å². The van der Waals surface area contributed by atoms with Crippen LogP contribution in [0.5, 0.6) is 0 Å². The van der Waals surface area contributed by atoms with E-state index in [-0.39, 0.29) is 0 Å². The quantitative estimate of drug-likeness (QED) is 0.564. The fraction of sp³-hybridized carbons (Fsp3) is 1.00. The van der Waals surface area contributed by atoms with E-state index in [9.17, 15) is 0 Å². The van der Waals surface area contributed by atoms with Crippen LogP contribution in [0.1, 0.15) is 39.5 Å². The zero-order valence-electron chi connectivity index (χ0n) is 6.35. The Morgan fingerprint density at radius 2 is 2.11 bits per heavy atom. The van der Waals surface area contributed by atoms with Gasteiger partial charge in [-0.2, -0.15) is 0 Å². The summed E-state index contributed by atoms with van der Waals surface area (Å²) >= 11 is 2.04. The van der Waals surface area contributed by atoms with Crippen LogP contribution in [0.2, 0.25) is 3.36 Å². The standard InChI is InChI=1S/C8H15.Sb/c1-7-5-3-4-6-8(7)2;/h7H,3-6H2,1-2H3;. The Balaban J connectivity index is 2.49. The fourth-order valence-electron chi connectivity index (χ4n) is 1.49. The van der Waals surface area contributed by atoms with Gasteiger partial charge in [-0.3, -0.25) is 0 Å². The van der Waals surface area contributed by atoms with Crippen LogP contribution in [0.15, 0.2) is 0 Å². The van der Waals surface area contributed by atoms with Crippen molar-refractivity contribution in [3.8, 4) is 0 Å². The minimum absolute atomic E-state index is 0.687. The molecule has 0 aromatic heterocycles. The SMILES string of the molecule is CC1CCCC[C]1(C)[Sb]. The van der Waals surface area contributed by atoms with E-state index < -0.39 is 0 Å². The van der Waals surface area contributed by atoms with Gasteiger partial charge in [0.2, 0.25) is 0 Å². The molecule has 1 rings (SSSR count). The molecule has 0 bridgehead atoms. The third kappa shape index (κ3) is 1.87. The summed E-state index contributed by atoms with van der Waals surface area (Å²) in [5.41, 5.74) is 0. The monoisotopic (exact) mass is 232 g/mol. The van der Waals surface area contributed by atoms with E-state index in [1.165, 1.54) is 25.7 Å². The molecule has 0 saturated heterocycles. The maximum absolute atomic E-state index is 2.42. The molecule has 0 aromatic carbocycles. The molecule has 9 heavy (non-hydrogen) atoms. The van der Waals surface area contributed by atoms with Crippen molar-refractivity contribution in [2.75, 3.05) is 0 Å². The number of hydrogen-bond acceptors (Lipinski definition) is 0. The first-order chi connectivity index (χ1) is 4.13. The van der Waals surface area contributed by atoms with E-state index in [0.29, 0.717) is 3.36 Å². The van der Waals surface area contributed by atoms with Crippen molar-refractivity contribution in [3.05, 3.63) is 0 Å². The summed E-state index contributed by atoms with van der Waals surface area (Å²) in [7, 11) is 0. The van der Waals surface area contributed by atoms with E-state index in [1.807, 2.05) is 23.0 Å². The summed E-state index contributed by atoms with van der Waals surface area (Å²) in [6, 6.07) is 0. The summed E-state index contributed by atoms with van der Waals surface area (Å²) in [5.74, 6) is 0.972. The summed E-state index contributed by atoms with van der Waals surface area (Å²) in [4.78, 5) is 0. The van der Waals surface area contributed by atoms with Gasteiger partial charge in [-0.15, -0.1) is 0 Å². The van der Waals surface area contributed by atoms with Gasteiger partial charge in [-0.1, -0.05) is 0 Å². The van der Waals surface area contributed by atoms with E-state index in [2.05, 4.69) is 13.8 Å². The van der Waals surface area contributed by atoms with Crippen LogP contribution in [-0.2, 0) is 0 Å². The molecule has 1 fully saturated rings. The van der Waals surface area contributed by atoms with Gasteiger partial charge in [0.25, 0.3) is 0 Å². The second-order valence-electron chi connectivity index (χ2n) is 3.50. The molecular weight excluding hydrogens is 218 g/mol. The second-order valence-corrected chi connectivity index (χ2v) is 6.42. The fourth-order valence-corrected chi connectivity index (χ4v) is 2.31. The minimum atomic E-state index is 0.687. The zero-order valence-corrected chi connectivity index (χ0v) is 8.91. The third-order valence-corrected chi connectivity index (χ3v) is 4.53. The average Bonchev–Trinajstić information content (AvgIpc) is 1.77. The van der Waals surface area contributed by atoms with Crippen LogP contribution in [-0.4, -0.2) is 23.0 Å². The maximum atomic E-state index is 2.42. The molecule has 1 heteroatoms. The van der Waals surface area contributed by atoms with Crippen molar-refractivity contribution in [2.45, 2.75) is 42.9 Å². The summed E-state index contributed by atoms with van der Waals surface area (Å²) < 4.78 is 0.687. The summed E-state index contributed by atoms with van der Waals surface area (Å²) in [6.45, 7) is 4.82. The Kier molecular flexibility index (Phi) is 2.48. The number of hydrogen-bond donors (Lipinski definition) is 0. The van der Waals surface area contributed by atoms with E-state index in [4.69, 9.17) is 0 Å². The van der Waals surface area contributed by atoms with Crippen molar-refractivity contribution in [1.82, 2.24) is 0 Å². The molecule has 0 heterocycles. The molecule has 1 aliphatic rings. The van der Waals surface area contributed by atoms with E-state index >= 15 is 0 Å². The Hall–Kier alpha value is 0.818. The van der Waals surface area contributed by atoms with Crippen LogP contribution in [0.25, 0.3) is 0 Å². The van der Waals surface area contributed by atoms with Gasteiger partial charge < -0.3 is 0 Å². The summed E-state index contributed by atoms with van der Waals surface area (Å²) in [5, 5.41) is 0. The van der Waals surface area contributed by atoms with Crippen molar-refractivity contribution >= 4 is 23.0 Å². The van der Waals surface area contributed by atoms with Gasteiger partial charge in [0, 0.05) is 0 Å². The summed E-state index contributed by atoms with van der Waals surface area (Å²) in [6.07, 6.45) is 5.86. The van der Waals surface area contributed by atoms with Crippen molar-refractivity contribution in [1.29, 1.82) is 0 Å². The van der Waals surface area contributed by atoms with Crippen LogP contribution in [0.3, 0.4) is 0 Å². The van der Waals surface area contributed by atoms with Gasteiger partial charge in [-0.05, 0) is 0 Å². The van der Waals surface area contributed by atoms with E-state index in [1.54, 1.807) is 0 Å². The van der Waals surface area contributed by atoms with Gasteiger partial charge >= 0.3 is 71.8 Å². The average molecular weight is 233 g/mol. The molecule has 2 atom stereocenters. The van der Waals surface area contributed by atoms with Crippen molar-refractivity contribution < 1.29 is 0 Å². The molecule has 52 valence electrons. The predicted octanol–water partition coefficient (Wildman–Crippen LogP) is 2.54. The van der Waals surface area contributed by atoms with Crippen LogP contribution < -0.4 is 0 Å². The molecule has 0 nitrogen and oxygen atoms in total. The predicted molar refractivity (Wildman–Crippen MR) is 41.8 cm³/mol. The Morgan fingerprint density at radius 1 is 1.44 bits per heavy atom. The molecule has 0 aliphatic heterocycles. The molecule has 1 aliphatic carbocycles. The first kappa shape index (κ1) is 7.92. The molecule has 0 amide bonds. The first-order valence-electron chi connectivity index (χ1n) is 3.85. The van der Waals surface area contributed by atoms with Gasteiger partial charge in [-0.25, -0.2) is 0 Å². The van der Waals surface area contributed by atoms with Crippen LogP contribution in [0.4, 0.5) is 0 Å². The molecule has 1 saturated carbocycles. The molecule has 0 spiro atoms. The normalized spacial score (nSPS) is 45.0. The number of rotatable bonds is 0. The zero-order chi connectivity index (χ0) is 6.91. The van der Waals surface area contributed by atoms with Gasteiger partial charge in [0.05, 0.1) is 0 Å². The van der Waals surface area contributed by atoms with E-state index in [0.717, 1.165) is 5.92 Å². The molecule has 2 radical (unpaired) electrons. The van der Waals surface area contributed by atoms with Gasteiger partial charge in [0.1, 0.15) is 0 Å². The molecular formula is C8H15Sb. The Labute approximate surface area is 71.9 Å². The van der Waals surface area contributed by atoms with Crippen LogP contribution in [0, 0.1) is 5.92 Å². The third-order valence-electron chi connectivity index (χ3n) is 2.63. The Morgan fingerprint density at radius 3 is 2.44 bits per heavy atom. The topological polar surface area (TPSA) is 0 Å². The molecule has 2 unspecified atom stereocenters. The first-order valence-corrected chi connectivity index (χ1v) is 5.13. The van der Waals surface area contributed by atoms with Crippen LogP contribution >= 0.6 is 0 Å². The second kappa shape index (κ2) is 2.82. The molecule has 0 aromatic rings. The van der Waals surface area contributed by atoms with Crippen molar-refractivity contribution in [2.24, 2.45) is 5.92 Å². The Bertz CT molecular complexity index is 96.7.